The molecule has 1 aromatic heterocycles. The van der Waals surface area contributed by atoms with Gasteiger partial charge >= 0.3 is 6.18 Å². The van der Waals surface area contributed by atoms with Crippen LogP contribution in [0.1, 0.15) is 54.6 Å². The van der Waals surface area contributed by atoms with Crippen LogP contribution in [0, 0.1) is 5.82 Å². The van der Waals surface area contributed by atoms with Crippen LogP contribution in [0.5, 0.6) is 0 Å². The van der Waals surface area contributed by atoms with Crippen molar-refractivity contribution in [1.82, 2.24) is 10.6 Å². The number of hydrogen-bond donors (Lipinski definition) is 2. The lowest BCUT2D eigenvalue weighted by molar-refractivity contribution is -0.137. The van der Waals surface area contributed by atoms with Gasteiger partial charge in [0.2, 0.25) is 5.91 Å². The first kappa shape index (κ1) is 26.7. The van der Waals surface area contributed by atoms with Gasteiger partial charge in [-0.3, -0.25) is 14.4 Å². The number of furan rings is 1. The molecule has 1 saturated carbocycles. The average Bonchev–Trinajstić information content (AvgIpc) is 3.34. The first-order valence-corrected chi connectivity index (χ1v) is 12.8. The number of carbonyl (C=O) groups excluding carboxylic acids is 3. The summed E-state index contributed by atoms with van der Waals surface area (Å²) in [6, 6.07) is 10.1. The van der Waals surface area contributed by atoms with E-state index in [-0.39, 0.29) is 31.0 Å². The number of carbonyl (C=O) groups is 3. The van der Waals surface area contributed by atoms with Crippen LogP contribution in [0.15, 0.2) is 52.9 Å². The number of benzene rings is 2. The summed E-state index contributed by atoms with van der Waals surface area (Å²) in [5, 5.41) is 6.34. The maximum Gasteiger partial charge on any atom is 0.418 e. The highest BCUT2D eigenvalue weighted by Crippen LogP contribution is 2.38. The van der Waals surface area contributed by atoms with E-state index < -0.39 is 46.7 Å². The van der Waals surface area contributed by atoms with Crippen LogP contribution in [0.25, 0.3) is 11.0 Å². The summed E-state index contributed by atoms with van der Waals surface area (Å²) in [7, 11) is 0. The Hall–Kier alpha value is -3.89. The molecule has 2 heterocycles. The Labute approximate surface area is 221 Å². The average molecular weight is 546 g/mol. The molecule has 1 unspecified atom stereocenters. The molecule has 0 bridgehead atoms. The van der Waals surface area contributed by atoms with Crippen molar-refractivity contribution in [3.63, 3.8) is 0 Å². The maximum atomic E-state index is 13.5. The lowest BCUT2D eigenvalue weighted by Gasteiger charge is -2.39. The zero-order valence-corrected chi connectivity index (χ0v) is 20.9. The minimum Gasteiger partial charge on any atom is -0.451 e. The molecule has 1 saturated heterocycles. The predicted molar refractivity (Wildman–Crippen MR) is 135 cm³/mol. The third-order valence-corrected chi connectivity index (χ3v) is 7.48. The number of hydrogen-bond acceptors (Lipinski definition) is 5. The molecule has 1 aliphatic heterocycles. The van der Waals surface area contributed by atoms with Gasteiger partial charge in [-0.25, -0.2) is 4.39 Å². The summed E-state index contributed by atoms with van der Waals surface area (Å²) in [5.41, 5.74) is -2.15. The molecule has 2 fully saturated rings. The molecule has 11 heteroatoms. The van der Waals surface area contributed by atoms with Gasteiger partial charge in [-0.1, -0.05) is 37.5 Å². The molecule has 7 nitrogen and oxygen atoms in total. The van der Waals surface area contributed by atoms with E-state index in [9.17, 15) is 31.9 Å². The van der Waals surface area contributed by atoms with E-state index in [1.165, 1.54) is 4.90 Å². The van der Waals surface area contributed by atoms with Crippen molar-refractivity contribution in [3.8, 4) is 0 Å². The van der Waals surface area contributed by atoms with Gasteiger partial charge in [0.1, 0.15) is 16.9 Å². The van der Waals surface area contributed by atoms with Gasteiger partial charge in [-0.15, -0.1) is 0 Å². The van der Waals surface area contributed by atoms with Gasteiger partial charge < -0.3 is 20.0 Å². The Morgan fingerprint density at radius 1 is 1.03 bits per heavy atom. The zero-order valence-electron chi connectivity index (χ0n) is 20.9. The molecule has 2 N–H and O–H groups in total. The van der Waals surface area contributed by atoms with Crippen molar-refractivity contribution < 1.29 is 36.4 Å². The Kier molecular flexibility index (Phi) is 7.09. The molecule has 39 heavy (non-hydrogen) atoms. The normalized spacial score (nSPS) is 19.6. The van der Waals surface area contributed by atoms with E-state index in [1.54, 1.807) is 24.3 Å². The van der Waals surface area contributed by atoms with Crippen LogP contribution in [0.3, 0.4) is 0 Å². The largest absolute Gasteiger partial charge is 0.451 e. The fourth-order valence-corrected chi connectivity index (χ4v) is 5.43. The number of rotatable bonds is 5. The number of anilines is 1. The fraction of sp³-hybridized carbons (Fsp3) is 0.393. The van der Waals surface area contributed by atoms with Crippen LogP contribution >= 0.6 is 0 Å². The molecule has 2 amide bonds. The van der Waals surface area contributed by atoms with Crippen molar-refractivity contribution in [2.24, 2.45) is 0 Å². The second-order valence-corrected chi connectivity index (χ2v) is 10.1. The number of para-hydroxylation sites is 1. The molecule has 2 aromatic carbocycles. The predicted octanol–water partition coefficient (Wildman–Crippen LogP) is 4.99. The minimum absolute atomic E-state index is 0.0454. The van der Waals surface area contributed by atoms with Gasteiger partial charge in [0.15, 0.2) is 11.5 Å². The van der Waals surface area contributed by atoms with Crippen molar-refractivity contribution in [2.45, 2.75) is 56.3 Å². The Morgan fingerprint density at radius 3 is 2.46 bits per heavy atom. The summed E-state index contributed by atoms with van der Waals surface area (Å²) in [5.74, 6) is -2.47. The van der Waals surface area contributed by atoms with Crippen molar-refractivity contribution in [1.29, 1.82) is 0 Å². The maximum absolute atomic E-state index is 13.5. The molecule has 1 aliphatic carbocycles. The number of nitrogens with one attached hydrogen (secondary N) is 2. The number of piperidine rings is 1. The first-order valence-electron chi connectivity index (χ1n) is 12.8. The molecule has 0 spiro atoms. The standard InChI is InChI=1S/C28H27F4N3O4/c29-18-8-9-21(19(15-18)28(30,31)32)35-13-10-20(22(36)16-35)33-26(38)27(11-4-1-5-12-27)34-25(37)24-14-17-6-2-3-7-23(17)39-24/h2-3,6-9,14-15,20H,1,4-5,10-13,16H2,(H,33,38)(H,34,37). The number of amides is 2. The lowest BCUT2D eigenvalue weighted by atomic mass is 9.80. The summed E-state index contributed by atoms with van der Waals surface area (Å²) in [6.07, 6.45) is -1.68. The number of Topliss-reactive ketones (excluding diaryl/α,β-unsaturated/α-hetero) is 1. The number of halogens is 4. The molecule has 0 radical (unpaired) electrons. The van der Waals surface area contributed by atoms with Gasteiger partial charge in [0, 0.05) is 17.6 Å². The van der Waals surface area contributed by atoms with Crippen LogP contribution in [0.2, 0.25) is 0 Å². The number of fused-ring (bicyclic) bond motifs is 1. The van der Waals surface area contributed by atoms with E-state index in [2.05, 4.69) is 10.6 Å². The van der Waals surface area contributed by atoms with Gasteiger partial charge in [0.25, 0.3) is 5.91 Å². The first-order chi connectivity index (χ1) is 18.6. The molecular weight excluding hydrogens is 518 g/mol. The van der Waals surface area contributed by atoms with Gasteiger partial charge in [-0.2, -0.15) is 13.2 Å². The van der Waals surface area contributed by atoms with Crippen LogP contribution < -0.4 is 15.5 Å². The number of ketones is 1. The summed E-state index contributed by atoms with van der Waals surface area (Å²) in [4.78, 5) is 40.8. The third kappa shape index (κ3) is 5.48. The highest BCUT2D eigenvalue weighted by molar-refractivity contribution is 6.01. The highest BCUT2D eigenvalue weighted by atomic mass is 19.4. The summed E-state index contributed by atoms with van der Waals surface area (Å²) in [6.45, 7) is -0.332. The summed E-state index contributed by atoms with van der Waals surface area (Å²) < 4.78 is 59.6. The Bertz CT molecular complexity index is 1380. The Morgan fingerprint density at radius 2 is 1.77 bits per heavy atom. The molecule has 206 valence electrons. The van der Waals surface area contributed by atoms with E-state index >= 15 is 0 Å². The number of alkyl halides is 3. The quantitative estimate of drug-likeness (QED) is 0.441. The highest BCUT2D eigenvalue weighted by Gasteiger charge is 2.44. The second-order valence-electron chi connectivity index (χ2n) is 10.1. The third-order valence-electron chi connectivity index (χ3n) is 7.48. The van der Waals surface area contributed by atoms with E-state index in [0.717, 1.165) is 23.9 Å². The van der Waals surface area contributed by atoms with E-state index in [0.29, 0.717) is 37.3 Å². The van der Waals surface area contributed by atoms with Gasteiger partial charge in [-0.05, 0) is 49.6 Å². The smallest absolute Gasteiger partial charge is 0.418 e. The zero-order chi connectivity index (χ0) is 27.8. The molecular formula is C28H27F4N3O4. The molecule has 1 atom stereocenters. The lowest BCUT2D eigenvalue weighted by Crippen LogP contribution is -2.63. The SMILES string of the molecule is O=C(NC1(C(=O)NC2CCN(c3ccc(F)cc3C(F)(F)F)CC2=O)CCCCC1)c1cc2ccccc2o1. The second kappa shape index (κ2) is 10.3. The summed E-state index contributed by atoms with van der Waals surface area (Å²) >= 11 is 0. The van der Waals surface area contributed by atoms with Crippen LogP contribution in [0.4, 0.5) is 23.2 Å². The molecule has 2 aliphatic rings. The van der Waals surface area contributed by atoms with E-state index in [1.807, 2.05) is 6.07 Å². The van der Waals surface area contributed by atoms with E-state index in [4.69, 9.17) is 4.42 Å². The number of nitrogens with zero attached hydrogens (tertiary/aromatic N) is 1. The minimum atomic E-state index is -4.79. The van der Waals surface area contributed by atoms with Crippen LogP contribution in [-0.2, 0) is 15.8 Å². The molecule has 5 rings (SSSR count). The van der Waals surface area contributed by atoms with Crippen molar-refractivity contribution >= 4 is 34.3 Å². The Balaban J connectivity index is 1.29. The van der Waals surface area contributed by atoms with Crippen molar-refractivity contribution in [3.05, 3.63) is 65.7 Å². The van der Waals surface area contributed by atoms with Crippen LogP contribution in [-0.4, -0.2) is 42.3 Å². The topological polar surface area (TPSA) is 91.7 Å². The van der Waals surface area contributed by atoms with Crippen molar-refractivity contribution in [2.75, 3.05) is 18.0 Å². The fourth-order valence-electron chi connectivity index (χ4n) is 5.43. The monoisotopic (exact) mass is 545 g/mol. The van der Waals surface area contributed by atoms with Gasteiger partial charge in [0.05, 0.1) is 18.2 Å². The molecule has 3 aromatic rings.